The van der Waals surface area contributed by atoms with Gasteiger partial charge in [-0.1, -0.05) is 16.9 Å². The number of nitrogen functional groups attached to an aromatic ring is 1. The summed E-state index contributed by atoms with van der Waals surface area (Å²) in [5.74, 6) is -3.60. The van der Waals surface area contributed by atoms with Crippen LogP contribution in [-0.4, -0.2) is 74.0 Å². The average molecular weight is 565 g/mol. The predicted octanol–water partition coefficient (Wildman–Crippen LogP) is -1.45. The number of pyridine rings is 1. The van der Waals surface area contributed by atoms with Gasteiger partial charge in [-0.15, -0.1) is 23.1 Å². The molecule has 16 heteroatoms. The van der Waals surface area contributed by atoms with E-state index in [1.165, 1.54) is 28.9 Å². The molecule has 0 unspecified atom stereocenters. The van der Waals surface area contributed by atoms with Crippen LogP contribution < -0.4 is 20.7 Å². The highest BCUT2D eigenvalue weighted by molar-refractivity contribution is 8.01. The van der Waals surface area contributed by atoms with Crippen molar-refractivity contribution in [3.8, 4) is 0 Å². The molecule has 2 aromatic heterocycles. The first kappa shape index (κ1) is 26.4. The molecule has 2 aliphatic rings. The molecule has 0 radical (unpaired) electrons. The number of nitrogens with two attached hydrogens (primary N) is 1. The molecule has 2 aliphatic heterocycles. The average Bonchev–Trinajstić information content (AvgIpc) is 3.29. The van der Waals surface area contributed by atoms with Crippen LogP contribution in [0.3, 0.4) is 0 Å². The van der Waals surface area contributed by atoms with Crippen molar-refractivity contribution in [2.45, 2.75) is 16.4 Å². The summed E-state index contributed by atoms with van der Waals surface area (Å²) in [6, 6.07) is 4.60. The Bertz CT molecular complexity index is 1330. The lowest BCUT2D eigenvalue weighted by atomic mass is 10.0. The number of amides is 2. The molecule has 0 spiro atoms. The van der Waals surface area contributed by atoms with Crippen molar-refractivity contribution in [2.75, 3.05) is 23.8 Å². The smallest absolute Gasteiger partial charge is 0.344 e. The van der Waals surface area contributed by atoms with Gasteiger partial charge in [0.05, 0.1) is 11.7 Å². The number of nitrogens with one attached hydrogen (secondary N) is 1. The maximum atomic E-state index is 13.0. The second-order valence-electron chi connectivity index (χ2n) is 7.72. The number of nitrogens with zero attached hydrogens (tertiary/aromatic N) is 4. The summed E-state index contributed by atoms with van der Waals surface area (Å²) in [5.41, 5.74) is 5.63. The molecule has 2 atom stereocenters. The molecule has 0 aromatic carbocycles. The first-order valence-corrected chi connectivity index (χ1v) is 13.5. The number of thioether (sulfide) groups is 2. The molecule has 4 N–H and O–H groups in total. The number of aromatic nitrogens is 2. The minimum absolute atomic E-state index is 0.0361. The van der Waals surface area contributed by atoms with Gasteiger partial charge in [-0.05, 0) is 11.6 Å². The van der Waals surface area contributed by atoms with Gasteiger partial charge >= 0.3 is 5.97 Å². The molecule has 1 fully saturated rings. The summed E-state index contributed by atoms with van der Waals surface area (Å²) in [6.45, 7) is -0.799. The van der Waals surface area contributed by atoms with Crippen molar-refractivity contribution < 1.29 is 38.8 Å². The molecule has 0 aliphatic carbocycles. The van der Waals surface area contributed by atoms with Crippen LogP contribution in [0.2, 0.25) is 0 Å². The molecular weight excluding hydrogens is 544 g/mol. The van der Waals surface area contributed by atoms with Crippen molar-refractivity contribution in [3.05, 3.63) is 46.7 Å². The molecule has 2 amide bonds. The standard InChI is InChI=1S/C21H20N6O7S3/c1-26-5-3-2-4-12(26)35-7-10-8-36-19-15(18(31)27(19)16(10)20(32)33)24-17(30)14(25-34-6-13(28)29)11-9-37-21(22)23-11/h2-5,9,15,19H,6-8H2,1H3,(H4-,22,23,24,28,29,30,32,33)/b25-14-/t15-,19-/m1/s1. The van der Waals surface area contributed by atoms with Crippen LogP contribution in [0.5, 0.6) is 0 Å². The van der Waals surface area contributed by atoms with Gasteiger partial charge in [0.1, 0.15) is 24.2 Å². The lowest BCUT2D eigenvalue weighted by Crippen LogP contribution is -2.71. The van der Waals surface area contributed by atoms with E-state index < -0.39 is 41.8 Å². The van der Waals surface area contributed by atoms with Gasteiger partial charge in [0.15, 0.2) is 17.0 Å². The van der Waals surface area contributed by atoms with Crippen LogP contribution in [0.4, 0.5) is 5.13 Å². The van der Waals surface area contributed by atoms with E-state index in [-0.39, 0.29) is 22.2 Å². The largest absolute Gasteiger partial charge is 0.543 e. The van der Waals surface area contributed by atoms with E-state index >= 15 is 0 Å². The molecule has 2 aromatic rings. The number of aryl methyl sites for hydroxylation is 1. The number of carbonyl (C=O) groups is 4. The van der Waals surface area contributed by atoms with Gasteiger partial charge in [0.25, 0.3) is 11.8 Å². The van der Waals surface area contributed by atoms with Crippen LogP contribution in [0.15, 0.2) is 51.2 Å². The second kappa shape index (κ2) is 11.2. The number of hydrogen-bond donors (Lipinski definition) is 3. The van der Waals surface area contributed by atoms with Gasteiger partial charge in [0, 0.05) is 29.0 Å². The number of oxime groups is 1. The number of anilines is 1. The van der Waals surface area contributed by atoms with E-state index in [0.29, 0.717) is 17.1 Å². The summed E-state index contributed by atoms with van der Waals surface area (Å²) in [6.07, 6.45) is 1.87. The highest BCUT2D eigenvalue weighted by Crippen LogP contribution is 2.41. The number of carboxylic acids is 2. The van der Waals surface area contributed by atoms with Crippen LogP contribution in [-0.2, 0) is 31.1 Å². The van der Waals surface area contributed by atoms with Crippen LogP contribution >= 0.6 is 34.9 Å². The SMILES string of the molecule is C[n+]1ccccc1SCC1=C(C(=O)[O-])N2C(=O)[C@@H](NC(=O)/C(=N\OCC(=O)O)c3csc(N)n3)[C@H]2SC1. The fourth-order valence-corrected chi connectivity index (χ4v) is 6.59. The number of thiazole rings is 1. The Morgan fingerprint density at radius 1 is 1.43 bits per heavy atom. The molecule has 0 bridgehead atoms. The van der Waals surface area contributed by atoms with E-state index in [0.717, 1.165) is 21.3 Å². The normalized spacial score (nSPS) is 19.2. The van der Waals surface area contributed by atoms with Gasteiger partial charge < -0.3 is 30.9 Å². The number of β-lactam (4-membered cyclic amide) rings is 1. The van der Waals surface area contributed by atoms with E-state index in [4.69, 9.17) is 15.7 Å². The summed E-state index contributed by atoms with van der Waals surface area (Å²) < 4.78 is 1.90. The minimum Gasteiger partial charge on any atom is -0.543 e. The van der Waals surface area contributed by atoms with E-state index in [2.05, 4.69) is 15.5 Å². The number of hydrogen-bond acceptors (Lipinski definition) is 12. The lowest BCUT2D eigenvalue weighted by Gasteiger charge is -2.50. The van der Waals surface area contributed by atoms with Crippen molar-refractivity contribution in [2.24, 2.45) is 12.2 Å². The van der Waals surface area contributed by atoms with Gasteiger partial charge in [0.2, 0.25) is 11.6 Å². The van der Waals surface area contributed by atoms with Crippen LogP contribution in [0.25, 0.3) is 0 Å². The van der Waals surface area contributed by atoms with Crippen LogP contribution in [0.1, 0.15) is 5.69 Å². The fraction of sp³-hybridized carbons (Fsp3) is 0.286. The lowest BCUT2D eigenvalue weighted by molar-refractivity contribution is -0.708. The Morgan fingerprint density at radius 3 is 2.86 bits per heavy atom. The number of carbonyl (C=O) groups excluding carboxylic acids is 3. The molecule has 4 heterocycles. The maximum Gasteiger partial charge on any atom is 0.344 e. The Morgan fingerprint density at radius 2 is 2.22 bits per heavy atom. The monoisotopic (exact) mass is 564 g/mol. The van der Waals surface area contributed by atoms with Crippen molar-refractivity contribution >= 4 is 69.5 Å². The van der Waals surface area contributed by atoms with Gasteiger partial charge in [-0.3, -0.25) is 14.5 Å². The zero-order chi connectivity index (χ0) is 26.7. The topological polar surface area (TPSA) is 191 Å². The molecule has 37 heavy (non-hydrogen) atoms. The third-order valence-electron chi connectivity index (χ3n) is 5.25. The summed E-state index contributed by atoms with van der Waals surface area (Å²) in [4.78, 5) is 58.4. The highest BCUT2D eigenvalue weighted by atomic mass is 32.2. The van der Waals surface area contributed by atoms with E-state index in [1.54, 1.807) is 0 Å². The quantitative estimate of drug-likeness (QED) is 0.101. The minimum atomic E-state index is -1.47. The Labute approximate surface area is 222 Å². The summed E-state index contributed by atoms with van der Waals surface area (Å²) in [7, 11) is 1.87. The van der Waals surface area contributed by atoms with Crippen molar-refractivity contribution in [3.63, 3.8) is 0 Å². The van der Waals surface area contributed by atoms with Gasteiger partial charge in [-0.25, -0.2) is 9.78 Å². The molecule has 0 saturated carbocycles. The fourth-order valence-electron chi connectivity index (χ4n) is 3.56. The molecule has 13 nitrogen and oxygen atoms in total. The van der Waals surface area contributed by atoms with Crippen molar-refractivity contribution in [1.29, 1.82) is 0 Å². The molecule has 1 saturated heterocycles. The first-order valence-electron chi connectivity index (χ1n) is 10.6. The van der Waals surface area contributed by atoms with Crippen molar-refractivity contribution in [1.82, 2.24) is 15.2 Å². The number of fused-ring (bicyclic) bond motifs is 1. The molecule has 4 rings (SSSR count). The molecular formula is C21H20N6O7S3. The summed E-state index contributed by atoms with van der Waals surface area (Å²) >= 11 is 3.77. The third-order valence-corrected chi connectivity index (χ3v) is 8.48. The number of aliphatic carboxylic acids is 2. The van der Waals surface area contributed by atoms with E-state index in [9.17, 15) is 24.3 Å². The highest BCUT2D eigenvalue weighted by Gasteiger charge is 2.53. The second-order valence-corrected chi connectivity index (χ2v) is 10.7. The Balaban J connectivity index is 1.49. The third kappa shape index (κ3) is 5.70. The first-order chi connectivity index (χ1) is 17.7. The Kier molecular flexibility index (Phi) is 7.99. The summed E-state index contributed by atoms with van der Waals surface area (Å²) in [5, 5.41) is 28.7. The number of carboxylic acid groups (broad SMARTS) is 2. The molecule has 194 valence electrons. The van der Waals surface area contributed by atoms with Crippen LogP contribution in [0, 0.1) is 0 Å². The zero-order valence-electron chi connectivity index (χ0n) is 19.2. The zero-order valence-corrected chi connectivity index (χ0v) is 21.6. The Hall–Kier alpha value is -3.63. The van der Waals surface area contributed by atoms with E-state index in [1.807, 2.05) is 36.0 Å². The maximum absolute atomic E-state index is 13.0. The number of rotatable bonds is 10. The van der Waals surface area contributed by atoms with Gasteiger partial charge in [-0.2, -0.15) is 4.57 Å². The predicted molar refractivity (Wildman–Crippen MR) is 132 cm³/mol.